The number of hydrogen-bond acceptors (Lipinski definition) is 2. The summed E-state index contributed by atoms with van der Waals surface area (Å²) in [6.07, 6.45) is 1.58. The molecular weight excluding hydrogens is 372 g/mol. The first-order chi connectivity index (χ1) is 13.5. The van der Waals surface area contributed by atoms with Crippen LogP contribution >= 0.6 is 11.6 Å². The lowest BCUT2D eigenvalue weighted by Gasteiger charge is -2.31. The average molecular weight is 401 g/mol. The van der Waals surface area contributed by atoms with Crippen LogP contribution in [0.2, 0.25) is 5.02 Å². The lowest BCUT2D eigenvalue weighted by atomic mass is 10.1. The fraction of sp³-hybridized carbons (Fsp3) is 0.391. The number of nitrogens with one attached hydrogen (secondary N) is 1. The summed E-state index contributed by atoms with van der Waals surface area (Å²) in [5.41, 5.74) is 2.93. The van der Waals surface area contributed by atoms with E-state index >= 15 is 0 Å². The van der Waals surface area contributed by atoms with Crippen molar-refractivity contribution in [3.63, 3.8) is 0 Å². The molecule has 5 heteroatoms. The summed E-state index contributed by atoms with van der Waals surface area (Å²) < 4.78 is 0. The number of halogens is 1. The van der Waals surface area contributed by atoms with Crippen LogP contribution in [0.25, 0.3) is 0 Å². The van der Waals surface area contributed by atoms with Crippen LogP contribution in [0.15, 0.2) is 48.5 Å². The predicted octanol–water partition coefficient (Wildman–Crippen LogP) is 4.52. The van der Waals surface area contributed by atoms with Gasteiger partial charge in [0, 0.05) is 18.1 Å². The van der Waals surface area contributed by atoms with Gasteiger partial charge in [-0.15, -0.1) is 0 Å². The number of amides is 2. The van der Waals surface area contributed by atoms with Gasteiger partial charge in [0.15, 0.2) is 0 Å². The van der Waals surface area contributed by atoms with Gasteiger partial charge in [0.1, 0.15) is 6.04 Å². The Morgan fingerprint density at radius 1 is 1.07 bits per heavy atom. The molecule has 0 aromatic heterocycles. The molecule has 2 rings (SSSR count). The molecule has 0 fully saturated rings. The fourth-order valence-corrected chi connectivity index (χ4v) is 3.28. The van der Waals surface area contributed by atoms with Crippen molar-refractivity contribution in [3.8, 4) is 0 Å². The van der Waals surface area contributed by atoms with Gasteiger partial charge in [-0.2, -0.15) is 0 Å². The average Bonchev–Trinajstić information content (AvgIpc) is 2.69. The molecule has 0 aliphatic carbocycles. The van der Waals surface area contributed by atoms with Gasteiger partial charge in [-0.05, 0) is 37.0 Å². The second kappa shape index (κ2) is 10.9. The SMILES string of the molecule is CCCNC(=O)[C@H](CC)N(Cc1ccc(C)cc1)C(=O)Cc1ccccc1Cl. The molecule has 0 saturated carbocycles. The Balaban J connectivity index is 2.27. The first-order valence-corrected chi connectivity index (χ1v) is 10.2. The van der Waals surface area contributed by atoms with E-state index in [-0.39, 0.29) is 18.2 Å². The molecule has 0 aliphatic rings. The molecule has 0 saturated heterocycles. The largest absolute Gasteiger partial charge is 0.354 e. The van der Waals surface area contributed by atoms with Crippen LogP contribution in [0.1, 0.15) is 43.4 Å². The summed E-state index contributed by atoms with van der Waals surface area (Å²) in [6, 6.07) is 14.9. The van der Waals surface area contributed by atoms with Crippen molar-refractivity contribution < 1.29 is 9.59 Å². The summed E-state index contributed by atoms with van der Waals surface area (Å²) in [6.45, 7) is 6.96. The van der Waals surface area contributed by atoms with E-state index in [1.165, 1.54) is 0 Å². The summed E-state index contributed by atoms with van der Waals surface area (Å²) in [4.78, 5) is 27.6. The predicted molar refractivity (Wildman–Crippen MR) is 114 cm³/mol. The molecule has 2 aromatic rings. The smallest absolute Gasteiger partial charge is 0.242 e. The highest BCUT2D eigenvalue weighted by Crippen LogP contribution is 2.19. The van der Waals surface area contributed by atoms with E-state index in [2.05, 4.69) is 5.32 Å². The molecule has 0 unspecified atom stereocenters. The Morgan fingerprint density at radius 3 is 2.36 bits per heavy atom. The van der Waals surface area contributed by atoms with Crippen LogP contribution in [-0.2, 0) is 22.6 Å². The standard InChI is InChI=1S/C23H29ClN2O2/c1-4-14-25-23(28)21(5-2)26(16-18-12-10-17(3)11-13-18)22(27)15-19-8-6-7-9-20(19)24/h6-13,21H,4-5,14-16H2,1-3H3,(H,25,28)/t21-/m0/s1. The molecule has 2 amide bonds. The molecular formula is C23H29ClN2O2. The van der Waals surface area contributed by atoms with Crippen LogP contribution in [-0.4, -0.2) is 29.3 Å². The maximum Gasteiger partial charge on any atom is 0.242 e. The first kappa shape index (κ1) is 22.0. The summed E-state index contributed by atoms with van der Waals surface area (Å²) in [5.74, 6) is -0.212. The maximum absolute atomic E-state index is 13.2. The monoisotopic (exact) mass is 400 g/mol. The summed E-state index contributed by atoms with van der Waals surface area (Å²) >= 11 is 6.25. The van der Waals surface area contributed by atoms with E-state index in [0.29, 0.717) is 24.5 Å². The van der Waals surface area contributed by atoms with Crippen molar-refractivity contribution in [1.29, 1.82) is 0 Å². The maximum atomic E-state index is 13.2. The van der Waals surface area contributed by atoms with Crippen LogP contribution in [0.4, 0.5) is 0 Å². The van der Waals surface area contributed by atoms with Gasteiger partial charge < -0.3 is 10.2 Å². The normalized spacial score (nSPS) is 11.7. The molecule has 4 nitrogen and oxygen atoms in total. The minimum Gasteiger partial charge on any atom is -0.354 e. The van der Waals surface area contributed by atoms with Gasteiger partial charge in [-0.25, -0.2) is 0 Å². The zero-order valence-electron chi connectivity index (χ0n) is 16.9. The molecule has 1 atom stereocenters. The zero-order chi connectivity index (χ0) is 20.5. The van der Waals surface area contributed by atoms with Crippen molar-refractivity contribution in [3.05, 3.63) is 70.2 Å². The van der Waals surface area contributed by atoms with E-state index in [4.69, 9.17) is 11.6 Å². The van der Waals surface area contributed by atoms with Crippen LogP contribution in [0, 0.1) is 6.92 Å². The highest BCUT2D eigenvalue weighted by molar-refractivity contribution is 6.31. The molecule has 0 spiro atoms. The molecule has 0 bridgehead atoms. The summed E-state index contributed by atoms with van der Waals surface area (Å²) in [7, 11) is 0. The number of carbonyl (C=O) groups excluding carboxylic acids is 2. The van der Waals surface area contributed by atoms with Crippen LogP contribution in [0.5, 0.6) is 0 Å². The molecule has 1 N–H and O–H groups in total. The van der Waals surface area contributed by atoms with Crippen molar-refractivity contribution in [2.24, 2.45) is 0 Å². The second-order valence-electron chi connectivity index (χ2n) is 6.99. The Bertz CT molecular complexity index is 789. The van der Waals surface area contributed by atoms with E-state index in [1.807, 2.05) is 63.2 Å². The number of benzene rings is 2. The zero-order valence-corrected chi connectivity index (χ0v) is 17.6. The Morgan fingerprint density at radius 2 is 1.75 bits per heavy atom. The number of rotatable bonds is 9. The Kier molecular flexibility index (Phi) is 8.52. The first-order valence-electron chi connectivity index (χ1n) is 9.82. The number of hydrogen-bond donors (Lipinski definition) is 1. The van der Waals surface area contributed by atoms with Crippen molar-refractivity contribution in [2.45, 2.75) is 52.6 Å². The van der Waals surface area contributed by atoms with E-state index in [0.717, 1.165) is 23.1 Å². The number of nitrogens with zero attached hydrogens (tertiary/aromatic N) is 1. The third-order valence-corrected chi connectivity index (χ3v) is 5.08. The molecule has 0 aliphatic heterocycles. The van der Waals surface area contributed by atoms with Crippen molar-refractivity contribution in [1.82, 2.24) is 10.2 Å². The van der Waals surface area contributed by atoms with Crippen molar-refractivity contribution >= 4 is 23.4 Å². The van der Waals surface area contributed by atoms with E-state index < -0.39 is 6.04 Å². The fourth-order valence-electron chi connectivity index (χ4n) is 3.08. The van der Waals surface area contributed by atoms with Gasteiger partial charge in [-0.3, -0.25) is 9.59 Å². The highest BCUT2D eigenvalue weighted by atomic mass is 35.5. The van der Waals surface area contributed by atoms with Crippen molar-refractivity contribution in [2.75, 3.05) is 6.54 Å². The van der Waals surface area contributed by atoms with Crippen LogP contribution < -0.4 is 5.32 Å². The molecule has 0 radical (unpaired) electrons. The number of aryl methyl sites for hydroxylation is 1. The third-order valence-electron chi connectivity index (χ3n) is 4.71. The van der Waals surface area contributed by atoms with Gasteiger partial charge in [0.2, 0.25) is 11.8 Å². The van der Waals surface area contributed by atoms with Crippen LogP contribution in [0.3, 0.4) is 0 Å². The Labute approximate surface area is 172 Å². The van der Waals surface area contributed by atoms with E-state index in [1.54, 1.807) is 11.0 Å². The van der Waals surface area contributed by atoms with Gasteiger partial charge >= 0.3 is 0 Å². The Hall–Kier alpha value is -2.33. The summed E-state index contributed by atoms with van der Waals surface area (Å²) in [5, 5.41) is 3.49. The quantitative estimate of drug-likeness (QED) is 0.672. The minimum atomic E-state index is -0.511. The molecule has 150 valence electrons. The third kappa shape index (κ3) is 6.10. The van der Waals surface area contributed by atoms with Gasteiger partial charge in [0.25, 0.3) is 0 Å². The van der Waals surface area contributed by atoms with E-state index in [9.17, 15) is 9.59 Å². The molecule has 0 heterocycles. The minimum absolute atomic E-state index is 0.104. The lowest BCUT2D eigenvalue weighted by molar-refractivity contribution is -0.140. The number of carbonyl (C=O) groups is 2. The highest BCUT2D eigenvalue weighted by Gasteiger charge is 2.28. The second-order valence-corrected chi connectivity index (χ2v) is 7.40. The van der Waals surface area contributed by atoms with Gasteiger partial charge in [-0.1, -0.05) is 73.5 Å². The topological polar surface area (TPSA) is 49.4 Å². The molecule has 28 heavy (non-hydrogen) atoms. The molecule has 2 aromatic carbocycles. The lowest BCUT2D eigenvalue weighted by Crippen LogP contribution is -2.49. The van der Waals surface area contributed by atoms with Gasteiger partial charge in [0.05, 0.1) is 6.42 Å².